The van der Waals surface area contributed by atoms with Crippen LogP contribution in [0.5, 0.6) is 0 Å². The van der Waals surface area contributed by atoms with Crippen molar-refractivity contribution in [3.63, 3.8) is 0 Å². The number of halogens is 1. The summed E-state index contributed by atoms with van der Waals surface area (Å²) in [6.45, 7) is 2.87. The molecule has 6 heteroatoms. The highest BCUT2D eigenvalue weighted by Gasteiger charge is 2.17. The summed E-state index contributed by atoms with van der Waals surface area (Å²) in [7, 11) is 0. The van der Waals surface area contributed by atoms with E-state index in [9.17, 15) is 14.3 Å². The highest BCUT2D eigenvalue weighted by molar-refractivity contribution is 5.94. The molecule has 2 N–H and O–H groups in total. The summed E-state index contributed by atoms with van der Waals surface area (Å²) in [5.74, 6) is -0.500. The zero-order valence-corrected chi connectivity index (χ0v) is 14.0. The number of rotatable bonds is 5. The summed E-state index contributed by atoms with van der Waals surface area (Å²) in [6, 6.07) is 9.60. The number of amides is 1. The first kappa shape index (κ1) is 17.5. The minimum absolute atomic E-state index is 0.184. The molecule has 0 aliphatic carbocycles. The molecule has 1 aliphatic rings. The van der Waals surface area contributed by atoms with Crippen molar-refractivity contribution >= 4 is 5.91 Å². The Labute approximate surface area is 146 Å². The molecule has 0 saturated carbocycles. The summed E-state index contributed by atoms with van der Waals surface area (Å²) in [5.41, 5.74) is 1.77. The fraction of sp³-hybridized carbons (Fsp3) is 0.368. The van der Waals surface area contributed by atoms with E-state index in [2.05, 4.69) is 15.2 Å². The molecule has 1 atom stereocenters. The van der Waals surface area contributed by atoms with E-state index >= 15 is 0 Å². The molecule has 1 aromatic carbocycles. The van der Waals surface area contributed by atoms with E-state index < -0.39 is 0 Å². The van der Waals surface area contributed by atoms with Gasteiger partial charge in [0.05, 0.1) is 17.4 Å². The summed E-state index contributed by atoms with van der Waals surface area (Å²) in [4.78, 5) is 18.6. The predicted octanol–water partition coefficient (Wildman–Crippen LogP) is 2.07. The van der Waals surface area contributed by atoms with Crippen molar-refractivity contribution in [2.45, 2.75) is 18.9 Å². The number of pyridine rings is 1. The molecule has 1 saturated heterocycles. The van der Waals surface area contributed by atoms with Crippen molar-refractivity contribution < 1.29 is 14.3 Å². The summed E-state index contributed by atoms with van der Waals surface area (Å²) in [5, 5.41) is 12.5. The number of hydrogen-bond acceptors (Lipinski definition) is 4. The first-order valence-corrected chi connectivity index (χ1v) is 8.52. The maximum Gasteiger partial charge on any atom is 0.252 e. The number of carbonyl (C=O) groups is 1. The smallest absolute Gasteiger partial charge is 0.252 e. The Kier molecular flexibility index (Phi) is 5.73. The number of β-amino-alcohol motifs (C(OH)–C–C–N with tert-alkyl or cyclic N) is 1. The topological polar surface area (TPSA) is 65.5 Å². The minimum Gasteiger partial charge on any atom is -0.392 e. The van der Waals surface area contributed by atoms with Crippen LogP contribution in [-0.2, 0) is 0 Å². The van der Waals surface area contributed by atoms with E-state index in [0.717, 1.165) is 25.9 Å². The van der Waals surface area contributed by atoms with Gasteiger partial charge in [-0.2, -0.15) is 0 Å². The fourth-order valence-corrected chi connectivity index (χ4v) is 3.01. The monoisotopic (exact) mass is 343 g/mol. The minimum atomic E-state index is -0.316. The van der Waals surface area contributed by atoms with Gasteiger partial charge in [-0.3, -0.25) is 14.7 Å². The lowest BCUT2D eigenvalue weighted by atomic mass is 10.1. The van der Waals surface area contributed by atoms with E-state index in [1.165, 1.54) is 18.3 Å². The van der Waals surface area contributed by atoms with Gasteiger partial charge in [0.1, 0.15) is 5.82 Å². The molecule has 1 unspecified atom stereocenters. The van der Waals surface area contributed by atoms with Crippen LogP contribution in [0.4, 0.5) is 4.39 Å². The standard InChI is InChI=1S/C19H22FN3O2/c20-16-4-1-3-14(11-16)18-7-6-15(12-22-18)19(25)21-8-10-23-9-2-5-17(24)13-23/h1,3-4,6-7,11-12,17,24H,2,5,8-10,13H2,(H,21,25). The molecule has 1 aliphatic heterocycles. The lowest BCUT2D eigenvalue weighted by Gasteiger charge is -2.29. The first-order chi connectivity index (χ1) is 12.1. The van der Waals surface area contributed by atoms with Gasteiger partial charge in [0, 0.05) is 31.4 Å². The van der Waals surface area contributed by atoms with E-state index in [4.69, 9.17) is 0 Å². The lowest BCUT2D eigenvalue weighted by molar-refractivity contribution is 0.0703. The van der Waals surface area contributed by atoms with Crippen LogP contribution in [-0.4, -0.2) is 53.2 Å². The molecule has 1 aromatic heterocycles. The van der Waals surface area contributed by atoms with Crippen LogP contribution in [0.2, 0.25) is 0 Å². The van der Waals surface area contributed by atoms with E-state index in [1.807, 2.05) is 0 Å². The van der Waals surface area contributed by atoms with E-state index in [1.54, 1.807) is 24.3 Å². The number of aromatic nitrogens is 1. The normalized spacial score (nSPS) is 18.1. The highest BCUT2D eigenvalue weighted by atomic mass is 19.1. The molecule has 132 valence electrons. The molecular formula is C19H22FN3O2. The van der Waals surface area contributed by atoms with Crippen molar-refractivity contribution in [1.29, 1.82) is 0 Å². The number of aliphatic hydroxyl groups is 1. The van der Waals surface area contributed by atoms with Gasteiger partial charge in [-0.15, -0.1) is 0 Å². The van der Waals surface area contributed by atoms with Gasteiger partial charge in [0.2, 0.25) is 0 Å². The Morgan fingerprint density at radius 3 is 2.96 bits per heavy atom. The van der Waals surface area contributed by atoms with E-state index in [-0.39, 0.29) is 17.8 Å². The van der Waals surface area contributed by atoms with Crippen molar-refractivity contribution in [3.8, 4) is 11.3 Å². The second-order valence-corrected chi connectivity index (χ2v) is 6.30. The number of likely N-dealkylation sites (tertiary alicyclic amines) is 1. The Hall–Kier alpha value is -2.31. The number of piperidine rings is 1. The van der Waals surface area contributed by atoms with Gasteiger partial charge in [-0.25, -0.2) is 4.39 Å². The van der Waals surface area contributed by atoms with Gasteiger partial charge in [0.25, 0.3) is 5.91 Å². The molecule has 2 aromatic rings. The van der Waals surface area contributed by atoms with Crippen molar-refractivity contribution in [2.24, 2.45) is 0 Å². The van der Waals surface area contributed by atoms with Gasteiger partial charge in [0.15, 0.2) is 0 Å². The third kappa shape index (κ3) is 4.84. The summed E-state index contributed by atoms with van der Waals surface area (Å²) in [6.07, 6.45) is 3.08. The van der Waals surface area contributed by atoms with Crippen LogP contribution in [0.15, 0.2) is 42.6 Å². The molecule has 1 amide bonds. The third-order valence-corrected chi connectivity index (χ3v) is 4.34. The maximum absolute atomic E-state index is 13.3. The molecule has 5 nitrogen and oxygen atoms in total. The largest absolute Gasteiger partial charge is 0.392 e. The molecule has 0 radical (unpaired) electrons. The third-order valence-electron chi connectivity index (χ3n) is 4.34. The van der Waals surface area contributed by atoms with Crippen LogP contribution in [0, 0.1) is 5.82 Å². The molecule has 0 bridgehead atoms. The second-order valence-electron chi connectivity index (χ2n) is 6.30. The Morgan fingerprint density at radius 2 is 2.24 bits per heavy atom. The Balaban J connectivity index is 1.52. The van der Waals surface area contributed by atoms with Crippen molar-refractivity contribution in [2.75, 3.05) is 26.2 Å². The number of aliphatic hydroxyl groups excluding tert-OH is 1. The van der Waals surface area contributed by atoms with E-state index in [0.29, 0.717) is 29.9 Å². The quantitative estimate of drug-likeness (QED) is 0.872. The van der Waals surface area contributed by atoms with Gasteiger partial charge >= 0.3 is 0 Å². The molecule has 2 heterocycles. The van der Waals surface area contributed by atoms with Gasteiger partial charge in [-0.1, -0.05) is 12.1 Å². The highest BCUT2D eigenvalue weighted by Crippen LogP contribution is 2.18. The van der Waals surface area contributed by atoms with Crippen LogP contribution < -0.4 is 5.32 Å². The average Bonchev–Trinajstić information content (AvgIpc) is 2.62. The molecule has 3 rings (SSSR count). The first-order valence-electron chi connectivity index (χ1n) is 8.52. The number of nitrogens with one attached hydrogen (secondary N) is 1. The van der Waals surface area contributed by atoms with Crippen molar-refractivity contribution in [1.82, 2.24) is 15.2 Å². The second kappa shape index (κ2) is 8.18. The predicted molar refractivity (Wildman–Crippen MR) is 93.6 cm³/mol. The van der Waals surface area contributed by atoms with Crippen molar-refractivity contribution in [3.05, 3.63) is 54.0 Å². The molecular weight excluding hydrogens is 321 g/mol. The van der Waals surface area contributed by atoms with Gasteiger partial charge < -0.3 is 10.4 Å². The van der Waals surface area contributed by atoms with Crippen LogP contribution in [0.1, 0.15) is 23.2 Å². The number of hydrogen-bond donors (Lipinski definition) is 2. The SMILES string of the molecule is O=C(NCCN1CCCC(O)C1)c1ccc(-c2cccc(F)c2)nc1. The molecule has 25 heavy (non-hydrogen) atoms. The molecule has 0 spiro atoms. The maximum atomic E-state index is 13.3. The number of benzene rings is 1. The lowest BCUT2D eigenvalue weighted by Crippen LogP contribution is -2.42. The zero-order valence-electron chi connectivity index (χ0n) is 14.0. The number of nitrogens with zero attached hydrogens (tertiary/aromatic N) is 2. The van der Waals surface area contributed by atoms with Crippen LogP contribution in [0.3, 0.4) is 0 Å². The van der Waals surface area contributed by atoms with Gasteiger partial charge in [-0.05, 0) is 43.7 Å². The van der Waals surface area contributed by atoms with Crippen LogP contribution in [0.25, 0.3) is 11.3 Å². The number of carbonyl (C=O) groups excluding carboxylic acids is 1. The zero-order chi connectivity index (χ0) is 17.6. The summed E-state index contributed by atoms with van der Waals surface area (Å²) < 4.78 is 13.3. The Morgan fingerprint density at radius 1 is 1.36 bits per heavy atom. The Bertz CT molecular complexity index is 721. The summed E-state index contributed by atoms with van der Waals surface area (Å²) >= 11 is 0. The average molecular weight is 343 g/mol. The molecule has 1 fully saturated rings. The van der Waals surface area contributed by atoms with Crippen LogP contribution >= 0.6 is 0 Å². The fourth-order valence-electron chi connectivity index (χ4n) is 3.01.